The van der Waals surface area contributed by atoms with Crippen LogP contribution in [0.5, 0.6) is 0 Å². The largest absolute Gasteiger partial charge is 0.481 e. The van der Waals surface area contributed by atoms with E-state index in [9.17, 15) is 9.59 Å². The first-order chi connectivity index (χ1) is 10.8. The third-order valence-electron chi connectivity index (χ3n) is 2.46. The van der Waals surface area contributed by atoms with E-state index in [-0.39, 0.29) is 26.1 Å². The molecule has 0 spiro atoms. The lowest BCUT2D eigenvalue weighted by Gasteiger charge is -2.23. The molecule has 10 heteroatoms. The molecule has 0 fully saturated rings. The molecule has 0 bridgehead atoms. The number of aliphatic hydroxyl groups excluding tert-OH is 6. The van der Waals surface area contributed by atoms with Crippen molar-refractivity contribution in [2.75, 3.05) is 39.6 Å². The Balaban J connectivity index is -0.000000266. The lowest BCUT2D eigenvalue weighted by molar-refractivity contribution is -0.143. The van der Waals surface area contributed by atoms with Crippen LogP contribution in [0.25, 0.3) is 0 Å². The lowest BCUT2D eigenvalue weighted by atomic mass is 9.93. The molecule has 0 atom stereocenters. The Morgan fingerprint density at radius 2 is 0.870 bits per heavy atom. The zero-order chi connectivity index (χ0) is 18.7. The second-order valence-electron chi connectivity index (χ2n) is 4.57. The molecule has 8 N–H and O–H groups in total. The van der Waals surface area contributed by atoms with Gasteiger partial charge in [0.15, 0.2) is 0 Å². The molecule has 0 saturated heterocycles. The highest BCUT2D eigenvalue weighted by molar-refractivity contribution is 5.75. The molecule has 0 aliphatic heterocycles. The van der Waals surface area contributed by atoms with Gasteiger partial charge in [0.05, 0.1) is 44.7 Å². The smallest absolute Gasteiger partial charge is 0.303 e. The first-order valence-corrected chi connectivity index (χ1v) is 6.87. The van der Waals surface area contributed by atoms with Gasteiger partial charge < -0.3 is 40.9 Å². The first-order valence-electron chi connectivity index (χ1n) is 6.87. The average Bonchev–Trinajstić information content (AvgIpc) is 2.55. The predicted molar refractivity (Wildman–Crippen MR) is 78.7 cm³/mol. The van der Waals surface area contributed by atoms with E-state index in [1.807, 2.05) is 0 Å². The Labute approximate surface area is 134 Å². The Bertz CT molecular complexity index is 242. The molecular formula is C13H28O10. The highest BCUT2D eigenvalue weighted by atomic mass is 16.4. The second-order valence-corrected chi connectivity index (χ2v) is 4.57. The third-order valence-corrected chi connectivity index (χ3v) is 2.46. The molecule has 10 nitrogen and oxygen atoms in total. The minimum absolute atomic E-state index is 0.195. The van der Waals surface area contributed by atoms with E-state index in [4.69, 9.17) is 40.9 Å². The molecule has 0 aliphatic rings. The number of aliphatic carboxylic acids is 2. The van der Waals surface area contributed by atoms with Crippen LogP contribution in [0.1, 0.15) is 25.7 Å². The highest BCUT2D eigenvalue weighted by Crippen LogP contribution is 2.11. The van der Waals surface area contributed by atoms with Gasteiger partial charge in [0, 0.05) is 13.2 Å². The molecule has 0 aromatic carbocycles. The van der Waals surface area contributed by atoms with E-state index in [2.05, 4.69) is 0 Å². The molecule has 0 aromatic heterocycles. The van der Waals surface area contributed by atoms with Crippen LogP contribution in [0.4, 0.5) is 0 Å². The number of unbranched alkanes of at least 4 members (excludes halogenated alkanes) is 1. The van der Waals surface area contributed by atoms with Crippen LogP contribution in [-0.4, -0.2) is 92.4 Å². The summed E-state index contributed by atoms with van der Waals surface area (Å²) in [5.74, 6) is -2.15. The lowest BCUT2D eigenvalue weighted by Crippen LogP contribution is -2.37. The first kappa shape index (κ1) is 26.6. The van der Waals surface area contributed by atoms with Gasteiger partial charge >= 0.3 is 11.9 Å². The van der Waals surface area contributed by atoms with Gasteiger partial charge in [-0.05, 0) is 12.8 Å². The van der Waals surface area contributed by atoms with Gasteiger partial charge in [-0.15, -0.1) is 0 Å². The molecule has 0 rings (SSSR count). The fourth-order valence-corrected chi connectivity index (χ4v) is 0.737. The van der Waals surface area contributed by atoms with Crippen molar-refractivity contribution in [3.8, 4) is 0 Å². The molecule has 0 aliphatic carbocycles. The minimum Gasteiger partial charge on any atom is -0.481 e. The highest BCUT2D eigenvalue weighted by Gasteiger charge is 2.26. The molecule has 0 radical (unpaired) electrons. The van der Waals surface area contributed by atoms with Crippen molar-refractivity contribution in [2.45, 2.75) is 25.7 Å². The molecular weight excluding hydrogens is 316 g/mol. The fourth-order valence-electron chi connectivity index (χ4n) is 0.737. The molecule has 0 amide bonds. The van der Waals surface area contributed by atoms with Gasteiger partial charge in [-0.3, -0.25) is 9.59 Å². The van der Waals surface area contributed by atoms with Crippen molar-refractivity contribution in [3.63, 3.8) is 0 Å². The van der Waals surface area contributed by atoms with Crippen LogP contribution in [-0.2, 0) is 9.59 Å². The monoisotopic (exact) mass is 344 g/mol. The maximum absolute atomic E-state index is 9.64. The van der Waals surface area contributed by atoms with Crippen LogP contribution in [0.15, 0.2) is 0 Å². The zero-order valence-corrected chi connectivity index (χ0v) is 13.0. The number of carboxylic acids is 2. The molecule has 0 unspecified atom stereocenters. The molecule has 23 heavy (non-hydrogen) atoms. The Hall–Kier alpha value is -1.30. The summed E-state index contributed by atoms with van der Waals surface area (Å²) < 4.78 is 0. The maximum Gasteiger partial charge on any atom is 0.303 e. The van der Waals surface area contributed by atoms with Crippen molar-refractivity contribution >= 4 is 11.9 Å². The van der Waals surface area contributed by atoms with E-state index >= 15 is 0 Å². The molecule has 140 valence electrons. The van der Waals surface area contributed by atoms with Gasteiger partial charge in [-0.2, -0.15) is 0 Å². The average molecular weight is 344 g/mol. The van der Waals surface area contributed by atoms with Crippen LogP contribution in [0, 0.1) is 5.41 Å². The van der Waals surface area contributed by atoms with Gasteiger partial charge in [-0.25, -0.2) is 0 Å². The minimum atomic E-state index is -1.11. The van der Waals surface area contributed by atoms with Crippen molar-refractivity contribution < 1.29 is 50.4 Å². The molecule has 0 heterocycles. The number of aliphatic hydroxyl groups is 6. The van der Waals surface area contributed by atoms with Crippen molar-refractivity contribution in [1.82, 2.24) is 0 Å². The van der Waals surface area contributed by atoms with Gasteiger partial charge in [0.25, 0.3) is 0 Å². The summed E-state index contributed by atoms with van der Waals surface area (Å²) >= 11 is 0. The summed E-state index contributed by atoms with van der Waals surface area (Å²) in [6, 6.07) is 0. The van der Waals surface area contributed by atoms with Crippen molar-refractivity contribution in [2.24, 2.45) is 5.41 Å². The number of rotatable bonds is 10. The predicted octanol–water partition coefficient (Wildman–Crippen LogP) is -2.37. The van der Waals surface area contributed by atoms with E-state index < -0.39 is 43.8 Å². The number of carboxylic acid groups (broad SMARTS) is 2. The van der Waals surface area contributed by atoms with E-state index in [0.717, 1.165) is 12.8 Å². The van der Waals surface area contributed by atoms with Crippen molar-refractivity contribution in [1.29, 1.82) is 0 Å². The van der Waals surface area contributed by atoms with E-state index in [1.165, 1.54) is 0 Å². The van der Waals surface area contributed by atoms with Crippen LogP contribution in [0.2, 0.25) is 0 Å². The standard InChI is InChI=1S/C5H12O4.C4H6O4.C4H10O2/c6-1-5(2-7,3-8)4-9;5-3(6)1-2-4(7)8;5-3-1-2-4-6/h6-9H,1-4H2;1-2H2,(H,5,6)(H,7,8);5-6H,1-4H2. The van der Waals surface area contributed by atoms with Crippen molar-refractivity contribution in [3.05, 3.63) is 0 Å². The maximum atomic E-state index is 9.64. The molecule has 0 aromatic rings. The van der Waals surface area contributed by atoms with E-state index in [0.29, 0.717) is 0 Å². The summed E-state index contributed by atoms with van der Waals surface area (Å²) in [6.07, 6.45) is 0.845. The third kappa shape index (κ3) is 20.7. The number of hydrogen-bond donors (Lipinski definition) is 8. The van der Waals surface area contributed by atoms with E-state index in [1.54, 1.807) is 0 Å². The Morgan fingerprint density at radius 3 is 0.957 bits per heavy atom. The Morgan fingerprint density at radius 1 is 0.609 bits per heavy atom. The summed E-state index contributed by atoms with van der Waals surface area (Å²) in [5, 5.41) is 66.0. The molecule has 0 saturated carbocycles. The topological polar surface area (TPSA) is 196 Å². The SMILES string of the molecule is O=C(O)CCC(=O)O.OCC(CO)(CO)CO.OCCCCO. The summed E-state index contributed by atoms with van der Waals surface area (Å²) in [7, 11) is 0. The van der Waals surface area contributed by atoms with Gasteiger partial charge in [0.1, 0.15) is 0 Å². The van der Waals surface area contributed by atoms with Crippen LogP contribution in [0.3, 0.4) is 0 Å². The van der Waals surface area contributed by atoms with Gasteiger partial charge in [-0.1, -0.05) is 0 Å². The number of carbonyl (C=O) groups is 2. The van der Waals surface area contributed by atoms with Crippen LogP contribution >= 0.6 is 0 Å². The van der Waals surface area contributed by atoms with Crippen LogP contribution < -0.4 is 0 Å². The second kappa shape index (κ2) is 18.7. The summed E-state index contributed by atoms with van der Waals surface area (Å²) in [6.45, 7) is -1.23. The quantitative estimate of drug-likeness (QED) is 0.198. The summed E-state index contributed by atoms with van der Waals surface area (Å²) in [4.78, 5) is 19.3. The zero-order valence-electron chi connectivity index (χ0n) is 13.0. The normalized spacial score (nSPS) is 10.0. The Kier molecular flexibility index (Phi) is 21.7. The fraction of sp³-hybridized carbons (Fsp3) is 0.846. The number of hydrogen-bond acceptors (Lipinski definition) is 8. The van der Waals surface area contributed by atoms with Gasteiger partial charge in [0.2, 0.25) is 0 Å². The summed E-state index contributed by atoms with van der Waals surface area (Å²) in [5.41, 5.74) is -1.11.